The molecule has 0 atom stereocenters. The van der Waals surface area contributed by atoms with E-state index < -0.39 is 5.97 Å². The van der Waals surface area contributed by atoms with Gasteiger partial charge in [-0.3, -0.25) is 0 Å². The Bertz CT molecular complexity index is 882. The lowest BCUT2D eigenvalue weighted by Crippen LogP contribution is -2.14. The van der Waals surface area contributed by atoms with Gasteiger partial charge in [0.05, 0.1) is 13.2 Å². The van der Waals surface area contributed by atoms with E-state index in [1.807, 2.05) is 24.3 Å². The molecule has 0 amide bonds. The number of allylic oxidation sites excluding steroid dienone is 2. The van der Waals surface area contributed by atoms with Crippen molar-refractivity contribution >= 4 is 16.7 Å². The van der Waals surface area contributed by atoms with E-state index in [-0.39, 0.29) is 6.61 Å². The highest BCUT2D eigenvalue weighted by Crippen LogP contribution is 2.42. The fourth-order valence-corrected chi connectivity index (χ4v) is 3.12. The molecular weight excluding hydrogens is 344 g/mol. The van der Waals surface area contributed by atoms with Crippen LogP contribution in [0.1, 0.15) is 18.1 Å². The van der Waals surface area contributed by atoms with Gasteiger partial charge < -0.3 is 19.3 Å². The number of esters is 1. The van der Waals surface area contributed by atoms with Crippen molar-refractivity contribution < 1.29 is 24.1 Å². The fourth-order valence-electron chi connectivity index (χ4n) is 3.12. The first-order valence-corrected chi connectivity index (χ1v) is 9.03. The topological polar surface area (TPSA) is 65.0 Å². The lowest BCUT2D eigenvalue weighted by Gasteiger charge is -2.21. The van der Waals surface area contributed by atoms with Gasteiger partial charge in [-0.05, 0) is 19.8 Å². The number of hydrogen-bond donors (Lipinski definition) is 1. The van der Waals surface area contributed by atoms with Gasteiger partial charge in [-0.2, -0.15) is 0 Å². The molecule has 0 aliphatic heterocycles. The predicted octanol–water partition coefficient (Wildman–Crippen LogP) is 3.71. The van der Waals surface area contributed by atoms with E-state index in [1.165, 1.54) is 0 Å². The van der Waals surface area contributed by atoms with E-state index in [4.69, 9.17) is 14.2 Å². The van der Waals surface area contributed by atoms with Gasteiger partial charge in [0.1, 0.15) is 24.7 Å². The minimum Gasteiger partial charge on any atom is -0.507 e. The van der Waals surface area contributed by atoms with Crippen molar-refractivity contribution in [3.05, 3.63) is 59.7 Å². The molecule has 142 valence electrons. The Kier molecular flexibility index (Phi) is 6.14. The molecule has 1 aliphatic rings. The standard InChI is InChI=1S/C22H24O5/c1-15(2)22(24)27-14-12-25-11-13-26-21-18-9-5-3-7-16(18)20(23)17-8-4-6-10-19(17)21/h3-7,9,23H,1,8,10-14H2,2H3. The number of rotatable bonds is 8. The third-order valence-electron chi connectivity index (χ3n) is 4.44. The molecule has 1 aliphatic carbocycles. The molecular formula is C22H24O5. The number of hydrogen-bond acceptors (Lipinski definition) is 5. The first-order chi connectivity index (χ1) is 13.1. The number of phenols is 1. The highest BCUT2D eigenvalue weighted by atomic mass is 16.6. The molecule has 2 aromatic rings. The van der Waals surface area contributed by atoms with Crippen LogP contribution in [0, 0.1) is 0 Å². The summed E-state index contributed by atoms with van der Waals surface area (Å²) in [7, 11) is 0. The van der Waals surface area contributed by atoms with E-state index >= 15 is 0 Å². The number of aromatic hydroxyl groups is 1. The number of benzene rings is 2. The molecule has 0 saturated carbocycles. The van der Waals surface area contributed by atoms with Crippen LogP contribution in [0.2, 0.25) is 0 Å². The molecule has 0 unspecified atom stereocenters. The van der Waals surface area contributed by atoms with Gasteiger partial charge in [-0.25, -0.2) is 4.79 Å². The number of carbonyl (C=O) groups excluding carboxylic acids is 1. The summed E-state index contributed by atoms with van der Waals surface area (Å²) in [4.78, 5) is 11.3. The molecule has 0 fully saturated rings. The number of fused-ring (bicyclic) bond motifs is 2. The van der Waals surface area contributed by atoms with Crippen molar-refractivity contribution in [2.45, 2.75) is 19.8 Å². The second kappa shape index (κ2) is 8.73. The Labute approximate surface area is 158 Å². The van der Waals surface area contributed by atoms with Crippen LogP contribution in [-0.4, -0.2) is 37.5 Å². The number of phenolic OH excluding ortho intramolecular Hbond substituents is 1. The number of ether oxygens (including phenoxy) is 3. The highest BCUT2D eigenvalue weighted by molar-refractivity contribution is 5.96. The second-order valence-corrected chi connectivity index (χ2v) is 6.44. The smallest absolute Gasteiger partial charge is 0.333 e. The third kappa shape index (κ3) is 4.31. The summed E-state index contributed by atoms with van der Waals surface area (Å²) in [5, 5.41) is 12.3. The van der Waals surface area contributed by atoms with Crippen LogP contribution < -0.4 is 4.74 Å². The molecule has 0 aromatic heterocycles. The Morgan fingerprint density at radius 2 is 1.70 bits per heavy atom. The fraction of sp³-hybridized carbons (Fsp3) is 0.318. The Morgan fingerprint density at radius 1 is 1.04 bits per heavy atom. The summed E-state index contributed by atoms with van der Waals surface area (Å²) in [6, 6.07) is 7.71. The SMILES string of the molecule is C=C(C)C(=O)OCCOCCOc1c2c(c(O)c3ccccc13)CC=CC2. The van der Waals surface area contributed by atoms with E-state index in [1.54, 1.807) is 6.92 Å². The summed E-state index contributed by atoms with van der Waals surface area (Å²) < 4.78 is 16.5. The molecule has 0 bridgehead atoms. The van der Waals surface area contributed by atoms with E-state index in [0.717, 1.165) is 34.1 Å². The van der Waals surface area contributed by atoms with Crippen molar-refractivity contribution in [2.75, 3.05) is 26.4 Å². The molecule has 0 spiro atoms. The summed E-state index contributed by atoms with van der Waals surface area (Å²) in [5.41, 5.74) is 2.33. The molecule has 5 nitrogen and oxygen atoms in total. The summed E-state index contributed by atoms with van der Waals surface area (Å²) in [5.74, 6) is 0.734. The van der Waals surface area contributed by atoms with Gasteiger partial charge >= 0.3 is 5.97 Å². The molecule has 0 heterocycles. The number of carbonyl (C=O) groups is 1. The zero-order valence-electron chi connectivity index (χ0n) is 15.5. The van der Waals surface area contributed by atoms with Gasteiger partial charge in [0, 0.05) is 27.5 Å². The van der Waals surface area contributed by atoms with Crippen molar-refractivity contribution in [3.63, 3.8) is 0 Å². The molecule has 1 N–H and O–H groups in total. The third-order valence-corrected chi connectivity index (χ3v) is 4.44. The molecule has 27 heavy (non-hydrogen) atoms. The Balaban J connectivity index is 1.61. The van der Waals surface area contributed by atoms with Crippen LogP contribution in [0.3, 0.4) is 0 Å². The van der Waals surface area contributed by atoms with Crippen molar-refractivity contribution in [1.82, 2.24) is 0 Å². The minimum absolute atomic E-state index is 0.189. The maximum atomic E-state index is 11.3. The minimum atomic E-state index is -0.412. The zero-order chi connectivity index (χ0) is 19.2. The normalized spacial score (nSPS) is 12.6. The van der Waals surface area contributed by atoms with Crippen LogP contribution in [0.15, 0.2) is 48.6 Å². The van der Waals surface area contributed by atoms with Gasteiger partial charge in [0.25, 0.3) is 0 Å². The summed E-state index contributed by atoms with van der Waals surface area (Å²) in [6.07, 6.45) is 5.60. The van der Waals surface area contributed by atoms with E-state index in [2.05, 4.69) is 18.7 Å². The first-order valence-electron chi connectivity index (χ1n) is 9.03. The van der Waals surface area contributed by atoms with Crippen molar-refractivity contribution in [2.24, 2.45) is 0 Å². The van der Waals surface area contributed by atoms with Gasteiger partial charge in [-0.15, -0.1) is 0 Å². The first kappa shape index (κ1) is 19.0. The monoisotopic (exact) mass is 368 g/mol. The van der Waals surface area contributed by atoms with Crippen molar-refractivity contribution in [1.29, 1.82) is 0 Å². The van der Waals surface area contributed by atoms with Crippen LogP contribution in [0.5, 0.6) is 11.5 Å². The quantitative estimate of drug-likeness (QED) is 0.333. The van der Waals surface area contributed by atoms with Gasteiger partial charge in [-0.1, -0.05) is 43.0 Å². The van der Waals surface area contributed by atoms with Gasteiger partial charge in [0.2, 0.25) is 0 Å². The lowest BCUT2D eigenvalue weighted by molar-refractivity contribution is -0.140. The Morgan fingerprint density at radius 3 is 2.44 bits per heavy atom. The molecule has 3 rings (SSSR count). The predicted molar refractivity (Wildman–Crippen MR) is 104 cm³/mol. The highest BCUT2D eigenvalue weighted by Gasteiger charge is 2.20. The molecule has 5 heteroatoms. The average Bonchev–Trinajstić information content (AvgIpc) is 2.69. The maximum Gasteiger partial charge on any atom is 0.333 e. The average molecular weight is 368 g/mol. The largest absolute Gasteiger partial charge is 0.507 e. The molecule has 0 saturated heterocycles. The maximum absolute atomic E-state index is 11.3. The van der Waals surface area contributed by atoms with Crippen LogP contribution >= 0.6 is 0 Å². The lowest BCUT2D eigenvalue weighted by atomic mass is 9.91. The second-order valence-electron chi connectivity index (χ2n) is 6.44. The summed E-state index contributed by atoms with van der Waals surface area (Å²) >= 11 is 0. The van der Waals surface area contributed by atoms with Gasteiger partial charge in [0.15, 0.2) is 0 Å². The van der Waals surface area contributed by atoms with Crippen LogP contribution in [0.4, 0.5) is 0 Å². The van der Waals surface area contributed by atoms with Crippen LogP contribution in [0.25, 0.3) is 10.8 Å². The zero-order valence-corrected chi connectivity index (χ0v) is 15.5. The van der Waals surface area contributed by atoms with Crippen molar-refractivity contribution in [3.8, 4) is 11.5 Å². The van der Waals surface area contributed by atoms with Crippen LogP contribution in [-0.2, 0) is 27.1 Å². The molecule has 0 radical (unpaired) electrons. The summed E-state index contributed by atoms with van der Waals surface area (Å²) in [6.45, 7) is 6.38. The van der Waals surface area contributed by atoms with E-state index in [0.29, 0.717) is 37.6 Å². The molecule has 2 aromatic carbocycles. The van der Waals surface area contributed by atoms with E-state index in [9.17, 15) is 9.90 Å². The Hall–Kier alpha value is -2.79.